The number of phenols is 1. The molecule has 1 aliphatic rings. The fraction of sp³-hybridized carbons (Fsp3) is 0.385. The second kappa shape index (κ2) is 4.68. The lowest BCUT2D eigenvalue weighted by atomic mass is 10.1. The van der Waals surface area contributed by atoms with Crippen LogP contribution in [-0.4, -0.2) is 39.6 Å². The molecular formula is C13H15NO4. The van der Waals surface area contributed by atoms with Gasteiger partial charge in [0.05, 0.1) is 0 Å². The molecule has 0 radical (unpaired) electrons. The summed E-state index contributed by atoms with van der Waals surface area (Å²) in [5, 5.41) is 18.5. The van der Waals surface area contributed by atoms with E-state index in [1.807, 2.05) is 0 Å². The van der Waals surface area contributed by atoms with Gasteiger partial charge in [-0.25, -0.2) is 4.79 Å². The summed E-state index contributed by atoms with van der Waals surface area (Å²) in [5.41, 5.74) is 1.02. The van der Waals surface area contributed by atoms with Gasteiger partial charge in [0.15, 0.2) is 0 Å². The zero-order chi connectivity index (χ0) is 13.3. The van der Waals surface area contributed by atoms with E-state index in [0.717, 1.165) is 0 Å². The van der Waals surface area contributed by atoms with Crippen LogP contribution in [0.5, 0.6) is 5.75 Å². The van der Waals surface area contributed by atoms with Crippen molar-refractivity contribution in [2.75, 3.05) is 6.54 Å². The van der Waals surface area contributed by atoms with Crippen LogP contribution >= 0.6 is 0 Å². The largest absolute Gasteiger partial charge is 0.508 e. The fourth-order valence-corrected chi connectivity index (χ4v) is 2.22. The molecule has 2 rings (SSSR count). The quantitative estimate of drug-likeness (QED) is 0.830. The minimum absolute atomic E-state index is 0.128. The normalized spacial score (nSPS) is 18.9. The molecule has 5 nitrogen and oxygen atoms in total. The number of carboxylic acid groups (broad SMARTS) is 1. The maximum absolute atomic E-state index is 12.2. The van der Waals surface area contributed by atoms with Crippen molar-refractivity contribution >= 4 is 11.9 Å². The summed E-state index contributed by atoms with van der Waals surface area (Å²) >= 11 is 0. The molecule has 96 valence electrons. The molecule has 5 heteroatoms. The molecule has 0 aromatic heterocycles. The first-order chi connectivity index (χ1) is 8.50. The first kappa shape index (κ1) is 12.4. The highest BCUT2D eigenvalue weighted by Gasteiger charge is 2.34. The zero-order valence-corrected chi connectivity index (χ0v) is 10.1. The Morgan fingerprint density at radius 2 is 2.11 bits per heavy atom. The maximum Gasteiger partial charge on any atom is 0.326 e. The Hall–Kier alpha value is -2.04. The molecule has 1 aliphatic heterocycles. The maximum atomic E-state index is 12.2. The van der Waals surface area contributed by atoms with Crippen molar-refractivity contribution in [3.05, 3.63) is 29.3 Å². The van der Waals surface area contributed by atoms with Gasteiger partial charge in [-0.05, 0) is 43.5 Å². The Bertz CT molecular complexity index is 498. The van der Waals surface area contributed by atoms with Crippen LogP contribution in [0.3, 0.4) is 0 Å². The molecule has 1 aromatic rings. The Morgan fingerprint density at radius 1 is 1.39 bits per heavy atom. The third-order valence-electron chi connectivity index (χ3n) is 3.24. The Morgan fingerprint density at radius 3 is 2.72 bits per heavy atom. The lowest BCUT2D eigenvalue weighted by Crippen LogP contribution is -2.40. The summed E-state index contributed by atoms with van der Waals surface area (Å²) in [7, 11) is 0. The zero-order valence-electron chi connectivity index (χ0n) is 10.1. The summed E-state index contributed by atoms with van der Waals surface area (Å²) in [4.78, 5) is 24.6. The summed E-state index contributed by atoms with van der Waals surface area (Å²) in [5.74, 6) is -1.12. The van der Waals surface area contributed by atoms with E-state index in [4.69, 9.17) is 5.11 Å². The standard InChI is InChI=1S/C13H15NO4/c1-8-7-9(4-5-11(8)15)12(16)14-6-2-3-10(14)13(17)18/h4-5,7,10,15H,2-3,6H2,1H3,(H,17,18)/t10-/m1/s1. The SMILES string of the molecule is Cc1cc(C(=O)N2CCC[C@@H]2C(=O)O)ccc1O. The number of aryl methyl sites for hydroxylation is 1. The number of phenolic OH excluding ortho intramolecular Hbond substituents is 1. The molecule has 0 aliphatic carbocycles. The van der Waals surface area contributed by atoms with Gasteiger partial charge in [0.2, 0.25) is 0 Å². The van der Waals surface area contributed by atoms with E-state index in [9.17, 15) is 14.7 Å². The summed E-state index contributed by atoms with van der Waals surface area (Å²) in [6.45, 7) is 2.17. The molecule has 2 N–H and O–H groups in total. The predicted molar refractivity (Wildman–Crippen MR) is 64.5 cm³/mol. The van der Waals surface area contributed by atoms with Crippen molar-refractivity contribution in [3.63, 3.8) is 0 Å². The molecule has 0 unspecified atom stereocenters. The number of likely N-dealkylation sites (tertiary alicyclic amines) is 1. The number of hydrogen-bond acceptors (Lipinski definition) is 3. The van der Waals surface area contributed by atoms with Crippen LogP contribution in [0.1, 0.15) is 28.8 Å². The Balaban J connectivity index is 2.25. The lowest BCUT2D eigenvalue weighted by molar-refractivity contribution is -0.141. The van der Waals surface area contributed by atoms with Gasteiger partial charge < -0.3 is 15.1 Å². The van der Waals surface area contributed by atoms with Crippen molar-refractivity contribution in [1.29, 1.82) is 0 Å². The molecule has 1 fully saturated rings. The van der Waals surface area contributed by atoms with Crippen molar-refractivity contribution in [2.45, 2.75) is 25.8 Å². The number of benzene rings is 1. The Labute approximate surface area is 105 Å². The van der Waals surface area contributed by atoms with E-state index in [1.165, 1.54) is 17.0 Å². The number of hydrogen-bond donors (Lipinski definition) is 2. The minimum Gasteiger partial charge on any atom is -0.508 e. The Kier molecular flexibility index (Phi) is 3.23. The number of amides is 1. The molecule has 1 atom stereocenters. The molecule has 0 spiro atoms. The third-order valence-corrected chi connectivity index (χ3v) is 3.24. The number of aliphatic carboxylic acids is 1. The summed E-state index contributed by atoms with van der Waals surface area (Å²) in [6.07, 6.45) is 1.21. The highest BCUT2D eigenvalue weighted by atomic mass is 16.4. The monoisotopic (exact) mass is 249 g/mol. The van der Waals surface area contributed by atoms with Crippen LogP contribution in [-0.2, 0) is 4.79 Å². The second-order valence-electron chi connectivity index (χ2n) is 4.50. The van der Waals surface area contributed by atoms with E-state index in [-0.39, 0.29) is 11.7 Å². The number of rotatable bonds is 2. The third kappa shape index (κ3) is 2.16. The van der Waals surface area contributed by atoms with Crippen LogP contribution in [0, 0.1) is 6.92 Å². The molecule has 1 heterocycles. The number of carboxylic acids is 1. The number of carbonyl (C=O) groups is 2. The molecule has 0 bridgehead atoms. The number of carbonyl (C=O) groups excluding carboxylic acids is 1. The minimum atomic E-state index is -0.962. The predicted octanol–water partition coefficient (Wildman–Crippen LogP) is 1.39. The highest BCUT2D eigenvalue weighted by molar-refractivity contribution is 5.97. The van der Waals surface area contributed by atoms with Gasteiger partial charge in [-0.2, -0.15) is 0 Å². The van der Waals surface area contributed by atoms with Crippen LogP contribution < -0.4 is 0 Å². The fourth-order valence-electron chi connectivity index (χ4n) is 2.22. The average Bonchev–Trinajstić information content (AvgIpc) is 2.81. The van der Waals surface area contributed by atoms with Crippen LogP contribution in [0.2, 0.25) is 0 Å². The molecule has 1 saturated heterocycles. The smallest absolute Gasteiger partial charge is 0.326 e. The molecule has 0 saturated carbocycles. The van der Waals surface area contributed by atoms with Gasteiger partial charge in [-0.3, -0.25) is 4.79 Å². The van der Waals surface area contributed by atoms with Crippen LogP contribution in [0.25, 0.3) is 0 Å². The number of aromatic hydroxyl groups is 1. The van der Waals surface area contributed by atoms with E-state index >= 15 is 0 Å². The molecule has 1 aromatic carbocycles. The molecule has 18 heavy (non-hydrogen) atoms. The van der Waals surface area contributed by atoms with Gasteiger partial charge in [0, 0.05) is 12.1 Å². The van der Waals surface area contributed by atoms with Gasteiger partial charge in [0.25, 0.3) is 5.91 Å². The molecule has 1 amide bonds. The summed E-state index contributed by atoms with van der Waals surface area (Å²) in [6, 6.07) is 3.82. The van der Waals surface area contributed by atoms with E-state index < -0.39 is 12.0 Å². The van der Waals surface area contributed by atoms with Crippen molar-refractivity contribution in [3.8, 4) is 5.75 Å². The van der Waals surface area contributed by atoms with Crippen LogP contribution in [0.4, 0.5) is 0 Å². The van der Waals surface area contributed by atoms with Gasteiger partial charge in [-0.15, -0.1) is 0 Å². The second-order valence-corrected chi connectivity index (χ2v) is 4.50. The van der Waals surface area contributed by atoms with E-state index in [2.05, 4.69) is 0 Å². The lowest BCUT2D eigenvalue weighted by Gasteiger charge is -2.21. The topological polar surface area (TPSA) is 77.8 Å². The summed E-state index contributed by atoms with van der Waals surface area (Å²) < 4.78 is 0. The van der Waals surface area contributed by atoms with Gasteiger partial charge in [0.1, 0.15) is 11.8 Å². The first-order valence-corrected chi connectivity index (χ1v) is 5.84. The van der Waals surface area contributed by atoms with Gasteiger partial charge in [-0.1, -0.05) is 0 Å². The van der Waals surface area contributed by atoms with Crippen LogP contribution in [0.15, 0.2) is 18.2 Å². The average molecular weight is 249 g/mol. The van der Waals surface area contributed by atoms with Gasteiger partial charge >= 0.3 is 5.97 Å². The number of nitrogens with zero attached hydrogens (tertiary/aromatic N) is 1. The first-order valence-electron chi connectivity index (χ1n) is 5.84. The molecular weight excluding hydrogens is 234 g/mol. The van der Waals surface area contributed by atoms with E-state index in [0.29, 0.717) is 30.5 Å². The van der Waals surface area contributed by atoms with Crippen molar-refractivity contribution in [2.24, 2.45) is 0 Å². The highest BCUT2D eigenvalue weighted by Crippen LogP contribution is 2.23. The van der Waals surface area contributed by atoms with Crippen molar-refractivity contribution < 1.29 is 19.8 Å². The van der Waals surface area contributed by atoms with E-state index in [1.54, 1.807) is 13.0 Å². The van der Waals surface area contributed by atoms with Crippen molar-refractivity contribution in [1.82, 2.24) is 4.90 Å².